The van der Waals surface area contributed by atoms with Crippen LogP contribution < -0.4 is 15.8 Å². The number of rotatable bonds is 7. The Morgan fingerprint density at radius 3 is 2.44 bits per heavy atom. The van der Waals surface area contributed by atoms with Crippen molar-refractivity contribution in [2.24, 2.45) is 17.6 Å². The van der Waals surface area contributed by atoms with Crippen LogP contribution in [0.1, 0.15) is 43.5 Å². The second-order valence-electron chi connectivity index (χ2n) is 6.78. The lowest BCUT2D eigenvalue weighted by Crippen LogP contribution is -2.39. The standard InChI is InChI=1S/C17H27N3O3S.ClH/c1-12(2)11-19-24(22,23)15-8-6-13(7-9-15)17(21)20-16-5-3-4-14(16)10-18;/h6-9,12,14,16,19H,3-5,10-11,18H2,1-2H3,(H,20,21);1H. The maximum atomic E-state index is 12.3. The van der Waals surface area contributed by atoms with Crippen molar-refractivity contribution in [2.75, 3.05) is 13.1 Å². The van der Waals surface area contributed by atoms with Crippen LogP contribution in [0.4, 0.5) is 0 Å². The Bertz CT molecular complexity index is 662. The minimum Gasteiger partial charge on any atom is -0.349 e. The molecule has 142 valence electrons. The molecule has 8 heteroatoms. The van der Waals surface area contributed by atoms with Crippen LogP contribution in [0.25, 0.3) is 0 Å². The highest BCUT2D eigenvalue weighted by atomic mass is 35.5. The molecule has 0 saturated heterocycles. The van der Waals surface area contributed by atoms with E-state index in [-0.39, 0.29) is 35.2 Å². The summed E-state index contributed by atoms with van der Waals surface area (Å²) in [6.45, 7) is 4.83. The molecular formula is C17H28ClN3O3S. The van der Waals surface area contributed by atoms with Gasteiger partial charge in [-0.3, -0.25) is 4.79 Å². The summed E-state index contributed by atoms with van der Waals surface area (Å²) in [7, 11) is -3.53. The molecule has 0 aliphatic heterocycles. The zero-order chi connectivity index (χ0) is 17.7. The van der Waals surface area contributed by atoms with E-state index >= 15 is 0 Å². The number of hydrogen-bond donors (Lipinski definition) is 3. The highest BCUT2D eigenvalue weighted by Gasteiger charge is 2.27. The summed E-state index contributed by atoms with van der Waals surface area (Å²) in [5.41, 5.74) is 6.19. The van der Waals surface area contributed by atoms with E-state index in [1.165, 1.54) is 12.1 Å². The monoisotopic (exact) mass is 389 g/mol. The summed E-state index contributed by atoms with van der Waals surface area (Å²) in [5, 5.41) is 3.01. The van der Waals surface area contributed by atoms with Gasteiger partial charge in [-0.25, -0.2) is 13.1 Å². The zero-order valence-electron chi connectivity index (χ0n) is 14.7. The summed E-state index contributed by atoms with van der Waals surface area (Å²) < 4.78 is 26.9. The number of amides is 1. The molecule has 2 atom stereocenters. The molecule has 1 aromatic rings. The Labute approximate surface area is 156 Å². The molecule has 1 fully saturated rings. The van der Waals surface area contributed by atoms with E-state index < -0.39 is 10.0 Å². The van der Waals surface area contributed by atoms with Crippen LogP contribution in [-0.4, -0.2) is 33.5 Å². The Morgan fingerprint density at radius 1 is 1.24 bits per heavy atom. The smallest absolute Gasteiger partial charge is 0.251 e. The molecule has 1 aliphatic rings. The van der Waals surface area contributed by atoms with E-state index in [0.29, 0.717) is 24.6 Å². The first kappa shape index (κ1) is 21.9. The quantitative estimate of drug-likeness (QED) is 0.662. The summed E-state index contributed by atoms with van der Waals surface area (Å²) in [6.07, 6.45) is 3.06. The van der Waals surface area contributed by atoms with Gasteiger partial charge in [-0.15, -0.1) is 12.4 Å². The van der Waals surface area contributed by atoms with Crippen molar-refractivity contribution in [3.8, 4) is 0 Å². The fraction of sp³-hybridized carbons (Fsp3) is 0.588. The van der Waals surface area contributed by atoms with Gasteiger partial charge in [-0.2, -0.15) is 0 Å². The van der Waals surface area contributed by atoms with Crippen molar-refractivity contribution in [1.82, 2.24) is 10.0 Å². The Kier molecular flexibility index (Phi) is 8.34. The van der Waals surface area contributed by atoms with Crippen LogP contribution in [0.3, 0.4) is 0 Å². The zero-order valence-corrected chi connectivity index (χ0v) is 16.3. The highest BCUT2D eigenvalue weighted by molar-refractivity contribution is 7.89. The molecule has 25 heavy (non-hydrogen) atoms. The topological polar surface area (TPSA) is 101 Å². The number of sulfonamides is 1. The average Bonchev–Trinajstić information content (AvgIpc) is 3.00. The fourth-order valence-electron chi connectivity index (χ4n) is 2.91. The van der Waals surface area contributed by atoms with Gasteiger partial charge in [0.05, 0.1) is 4.90 Å². The minimum atomic E-state index is -3.53. The van der Waals surface area contributed by atoms with Gasteiger partial charge in [0, 0.05) is 18.2 Å². The summed E-state index contributed by atoms with van der Waals surface area (Å²) in [5.74, 6) is 0.375. The Hall–Kier alpha value is -1.15. The van der Waals surface area contributed by atoms with Gasteiger partial charge in [0.15, 0.2) is 0 Å². The van der Waals surface area contributed by atoms with Crippen molar-refractivity contribution in [1.29, 1.82) is 0 Å². The average molecular weight is 390 g/mol. The van der Waals surface area contributed by atoms with Gasteiger partial charge >= 0.3 is 0 Å². The predicted molar refractivity (Wildman–Crippen MR) is 101 cm³/mol. The molecule has 0 aromatic heterocycles. The molecule has 2 unspecified atom stereocenters. The van der Waals surface area contributed by atoms with Crippen molar-refractivity contribution >= 4 is 28.3 Å². The van der Waals surface area contributed by atoms with Crippen LogP contribution in [0.5, 0.6) is 0 Å². The molecule has 1 aliphatic carbocycles. The first-order valence-electron chi connectivity index (χ1n) is 8.44. The van der Waals surface area contributed by atoms with E-state index in [2.05, 4.69) is 10.0 Å². The minimum absolute atomic E-state index is 0. The van der Waals surface area contributed by atoms with Crippen molar-refractivity contribution < 1.29 is 13.2 Å². The molecule has 1 aromatic carbocycles. The van der Waals surface area contributed by atoms with Crippen LogP contribution in [0.2, 0.25) is 0 Å². The molecule has 6 nitrogen and oxygen atoms in total. The molecule has 2 rings (SSSR count). The summed E-state index contributed by atoms with van der Waals surface area (Å²) in [6, 6.07) is 6.13. The molecular weight excluding hydrogens is 362 g/mol. The number of nitrogens with one attached hydrogen (secondary N) is 2. The Morgan fingerprint density at radius 2 is 1.88 bits per heavy atom. The van der Waals surface area contributed by atoms with E-state index in [9.17, 15) is 13.2 Å². The van der Waals surface area contributed by atoms with Crippen LogP contribution in [0.15, 0.2) is 29.2 Å². The van der Waals surface area contributed by atoms with E-state index in [1.807, 2.05) is 13.8 Å². The second-order valence-corrected chi connectivity index (χ2v) is 8.54. The van der Waals surface area contributed by atoms with Gasteiger partial charge in [-0.05, 0) is 55.5 Å². The van der Waals surface area contributed by atoms with E-state index in [1.54, 1.807) is 12.1 Å². The molecule has 0 radical (unpaired) electrons. The van der Waals surface area contributed by atoms with E-state index in [4.69, 9.17) is 5.73 Å². The molecule has 1 saturated carbocycles. The summed E-state index contributed by atoms with van der Waals surface area (Å²) in [4.78, 5) is 12.5. The van der Waals surface area contributed by atoms with Crippen LogP contribution in [0, 0.1) is 11.8 Å². The predicted octanol–water partition coefficient (Wildman–Crippen LogP) is 1.90. The van der Waals surface area contributed by atoms with Crippen molar-refractivity contribution in [3.05, 3.63) is 29.8 Å². The largest absolute Gasteiger partial charge is 0.349 e. The van der Waals surface area contributed by atoms with Crippen LogP contribution in [-0.2, 0) is 10.0 Å². The molecule has 0 spiro atoms. The first-order chi connectivity index (χ1) is 11.3. The lowest BCUT2D eigenvalue weighted by Gasteiger charge is -2.19. The van der Waals surface area contributed by atoms with Gasteiger partial charge < -0.3 is 11.1 Å². The molecule has 0 bridgehead atoms. The van der Waals surface area contributed by atoms with Crippen LogP contribution >= 0.6 is 12.4 Å². The number of nitrogens with two attached hydrogens (primary N) is 1. The number of hydrogen-bond acceptors (Lipinski definition) is 4. The first-order valence-corrected chi connectivity index (χ1v) is 9.92. The molecule has 4 N–H and O–H groups in total. The third-order valence-corrected chi connectivity index (χ3v) is 5.83. The van der Waals surface area contributed by atoms with Gasteiger partial charge in [0.2, 0.25) is 10.0 Å². The maximum absolute atomic E-state index is 12.3. The van der Waals surface area contributed by atoms with E-state index in [0.717, 1.165) is 19.3 Å². The number of carbonyl (C=O) groups excluding carboxylic acids is 1. The van der Waals surface area contributed by atoms with Crippen molar-refractivity contribution in [3.63, 3.8) is 0 Å². The Balaban J connectivity index is 0.00000312. The second kappa shape index (κ2) is 9.52. The third kappa shape index (κ3) is 5.95. The SMILES string of the molecule is CC(C)CNS(=O)(=O)c1ccc(C(=O)NC2CCCC2CN)cc1.Cl. The molecule has 0 heterocycles. The highest BCUT2D eigenvalue weighted by Crippen LogP contribution is 2.25. The summed E-state index contributed by atoms with van der Waals surface area (Å²) >= 11 is 0. The lowest BCUT2D eigenvalue weighted by molar-refractivity contribution is 0.0928. The fourth-order valence-corrected chi connectivity index (χ4v) is 4.12. The number of benzene rings is 1. The normalized spacial score (nSPS) is 20.3. The van der Waals surface area contributed by atoms with Crippen molar-refractivity contribution in [2.45, 2.75) is 44.0 Å². The number of carbonyl (C=O) groups is 1. The van der Waals surface area contributed by atoms with Gasteiger partial charge in [0.25, 0.3) is 5.91 Å². The number of halogens is 1. The lowest BCUT2D eigenvalue weighted by atomic mass is 10.0. The maximum Gasteiger partial charge on any atom is 0.251 e. The van der Waals surface area contributed by atoms with Gasteiger partial charge in [-0.1, -0.05) is 20.3 Å². The van der Waals surface area contributed by atoms with Gasteiger partial charge in [0.1, 0.15) is 0 Å². The molecule has 1 amide bonds. The third-order valence-electron chi connectivity index (χ3n) is 4.39.